The third-order valence-corrected chi connectivity index (χ3v) is 3.88. The number of carbonyl (C=O) groups is 1. The minimum Gasteiger partial charge on any atom is -0.467 e. The number of halogens is 1. The predicted octanol–water partition coefficient (Wildman–Crippen LogP) is 3.94. The Hall–Kier alpha value is -2.87. The molecule has 1 heterocycles. The van der Waals surface area contributed by atoms with Crippen LogP contribution in [0, 0.1) is 17.7 Å². The number of benzene rings is 1. The van der Waals surface area contributed by atoms with E-state index in [1.165, 1.54) is 19.2 Å². The Morgan fingerprint density at radius 1 is 1.44 bits per heavy atom. The highest BCUT2D eigenvalue weighted by Crippen LogP contribution is 2.27. The number of rotatable bonds is 7. The van der Waals surface area contributed by atoms with Gasteiger partial charge in [-0.3, -0.25) is 0 Å². The van der Waals surface area contributed by atoms with E-state index in [-0.39, 0.29) is 11.8 Å². The summed E-state index contributed by atoms with van der Waals surface area (Å²) >= 11 is 0. The van der Waals surface area contributed by atoms with Gasteiger partial charge in [0.15, 0.2) is 0 Å². The van der Waals surface area contributed by atoms with Gasteiger partial charge in [-0.05, 0) is 44.0 Å². The third kappa shape index (κ3) is 4.36. The lowest BCUT2D eigenvalue weighted by molar-refractivity contribution is -0.144. The molecule has 130 valence electrons. The predicted molar refractivity (Wildman–Crippen MR) is 95.3 cm³/mol. The summed E-state index contributed by atoms with van der Waals surface area (Å²) in [7, 11) is 1.36. The van der Waals surface area contributed by atoms with Crippen molar-refractivity contribution < 1.29 is 13.9 Å². The molecule has 0 bridgehead atoms. The molecule has 0 aliphatic carbocycles. The van der Waals surface area contributed by atoms with Gasteiger partial charge in [-0.15, -0.1) is 18.4 Å². The minimum absolute atomic E-state index is 0.304. The molecule has 0 radical (unpaired) electrons. The van der Waals surface area contributed by atoms with E-state index >= 15 is 0 Å². The smallest absolute Gasteiger partial charge is 0.329 e. The Morgan fingerprint density at radius 2 is 2.16 bits per heavy atom. The highest BCUT2D eigenvalue weighted by atomic mass is 19.1. The van der Waals surface area contributed by atoms with Crippen molar-refractivity contribution in [3.63, 3.8) is 0 Å². The van der Waals surface area contributed by atoms with Crippen LogP contribution in [0.4, 0.5) is 4.39 Å². The molecule has 0 aliphatic heterocycles. The molecule has 4 nitrogen and oxygen atoms in total. The molecular weight excluding hydrogens is 319 g/mol. The molecule has 1 aromatic carbocycles. The van der Waals surface area contributed by atoms with Crippen LogP contribution < -0.4 is 0 Å². The van der Waals surface area contributed by atoms with Crippen molar-refractivity contribution >= 4 is 5.97 Å². The fourth-order valence-electron chi connectivity index (χ4n) is 2.62. The first-order valence-electron chi connectivity index (χ1n) is 8.02. The summed E-state index contributed by atoms with van der Waals surface area (Å²) < 4.78 is 19.9. The molecule has 0 saturated heterocycles. The second-order valence-electron chi connectivity index (χ2n) is 5.45. The quantitative estimate of drug-likeness (QED) is 0.436. The van der Waals surface area contributed by atoms with E-state index in [9.17, 15) is 9.18 Å². The van der Waals surface area contributed by atoms with Crippen LogP contribution in [0.2, 0.25) is 0 Å². The molecule has 0 N–H and O–H groups in total. The van der Waals surface area contributed by atoms with E-state index in [2.05, 4.69) is 23.4 Å². The van der Waals surface area contributed by atoms with Gasteiger partial charge in [-0.2, -0.15) is 0 Å². The van der Waals surface area contributed by atoms with Crippen molar-refractivity contribution in [3.05, 3.63) is 54.8 Å². The number of imidazole rings is 1. The van der Waals surface area contributed by atoms with Gasteiger partial charge in [0.1, 0.15) is 11.9 Å². The molecular formula is C20H21FN2O2. The first-order valence-corrected chi connectivity index (χ1v) is 8.02. The van der Waals surface area contributed by atoms with Gasteiger partial charge in [0.25, 0.3) is 0 Å². The Morgan fingerprint density at radius 3 is 2.76 bits per heavy atom. The Kier molecular flexibility index (Phi) is 6.53. The Balaban J connectivity index is 2.51. The van der Waals surface area contributed by atoms with Crippen LogP contribution in [-0.4, -0.2) is 22.6 Å². The first-order chi connectivity index (χ1) is 12.1. The van der Waals surface area contributed by atoms with Gasteiger partial charge in [-0.25, -0.2) is 14.2 Å². The van der Waals surface area contributed by atoms with E-state index < -0.39 is 6.04 Å². The first kappa shape index (κ1) is 18.5. The van der Waals surface area contributed by atoms with Gasteiger partial charge in [0, 0.05) is 17.7 Å². The second-order valence-corrected chi connectivity index (χ2v) is 5.45. The second kappa shape index (κ2) is 8.84. The summed E-state index contributed by atoms with van der Waals surface area (Å²) in [5.41, 5.74) is 2.39. The minimum atomic E-state index is -0.570. The number of nitrogens with zero attached hydrogens (tertiary/aromatic N) is 2. The zero-order valence-corrected chi connectivity index (χ0v) is 14.5. The van der Waals surface area contributed by atoms with Crippen LogP contribution in [-0.2, 0) is 16.0 Å². The Labute approximate surface area is 147 Å². The van der Waals surface area contributed by atoms with E-state index in [0.717, 1.165) is 23.4 Å². The molecule has 0 saturated carbocycles. The monoisotopic (exact) mass is 340 g/mol. The summed E-state index contributed by atoms with van der Waals surface area (Å²) in [6.07, 6.45) is 5.15. The maximum Gasteiger partial charge on any atom is 0.329 e. The maximum atomic E-state index is 13.2. The third-order valence-electron chi connectivity index (χ3n) is 3.88. The molecule has 5 heteroatoms. The number of methoxy groups -OCH3 is 1. The fourth-order valence-corrected chi connectivity index (χ4v) is 2.62. The number of allylic oxidation sites excluding steroid dienone is 1. The lowest BCUT2D eigenvalue weighted by Gasteiger charge is -2.17. The van der Waals surface area contributed by atoms with Gasteiger partial charge >= 0.3 is 5.97 Å². The van der Waals surface area contributed by atoms with E-state index in [1.54, 1.807) is 30.0 Å². The lowest BCUT2D eigenvalue weighted by Crippen LogP contribution is -2.22. The SMILES string of the molecule is C=CCCc1c(-c2ccc(F)cc2)ncn1C(CC#CC)C(=O)OC. The normalized spacial score (nSPS) is 11.3. The number of hydrogen-bond donors (Lipinski definition) is 0. The molecule has 0 aliphatic rings. The number of carbonyl (C=O) groups excluding carboxylic acids is 1. The van der Waals surface area contributed by atoms with Crippen LogP contribution in [0.3, 0.4) is 0 Å². The van der Waals surface area contributed by atoms with Crippen LogP contribution >= 0.6 is 0 Å². The fraction of sp³-hybridized carbons (Fsp3) is 0.300. The van der Waals surface area contributed by atoms with Crippen LogP contribution in [0.1, 0.15) is 31.5 Å². The number of aromatic nitrogens is 2. The summed E-state index contributed by atoms with van der Waals surface area (Å²) in [4.78, 5) is 16.7. The van der Waals surface area contributed by atoms with Crippen molar-refractivity contribution in [1.82, 2.24) is 9.55 Å². The van der Waals surface area contributed by atoms with E-state index in [0.29, 0.717) is 12.8 Å². The number of ether oxygens (including phenoxy) is 1. The molecule has 1 atom stereocenters. The van der Waals surface area contributed by atoms with Crippen molar-refractivity contribution in [2.24, 2.45) is 0 Å². The molecule has 25 heavy (non-hydrogen) atoms. The molecule has 2 rings (SSSR count). The lowest BCUT2D eigenvalue weighted by atomic mass is 10.1. The number of esters is 1. The highest BCUT2D eigenvalue weighted by Gasteiger charge is 2.25. The zero-order valence-electron chi connectivity index (χ0n) is 14.5. The van der Waals surface area contributed by atoms with Crippen LogP contribution in [0.25, 0.3) is 11.3 Å². The van der Waals surface area contributed by atoms with Gasteiger partial charge in [-0.1, -0.05) is 6.08 Å². The van der Waals surface area contributed by atoms with Crippen molar-refractivity contribution in [2.45, 2.75) is 32.2 Å². The average Bonchev–Trinajstić information content (AvgIpc) is 3.04. The zero-order chi connectivity index (χ0) is 18.2. The largest absolute Gasteiger partial charge is 0.467 e. The standard InChI is InChI=1S/C20H21FN2O2/c1-4-6-8-17-19(15-10-12-16(21)13-11-15)22-14-23(17)18(9-7-5-2)20(24)25-3/h4,10-14,18H,1,6,8-9H2,2-3H3. The maximum absolute atomic E-state index is 13.2. The van der Waals surface area contributed by atoms with Gasteiger partial charge < -0.3 is 9.30 Å². The summed E-state index contributed by atoms with van der Waals surface area (Å²) in [6.45, 7) is 5.48. The molecule has 1 unspecified atom stereocenters. The molecule has 2 aromatic rings. The number of hydrogen-bond acceptors (Lipinski definition) is 3. The van der Waals surface area contributed by atoms with Crippen LogP contribution in [0.15, 0.2) is 43.2 Å². The summed E-state index contributed by atoms with van der Waals surface area (Å²) in [5.74, 6) is 5.06. The molecule has 0 amide bonds. The van der Waals surface area contributed by atoms with E-state index in [4.69, 9.17) is 4.74 Å². The highest BCUT2D eigenvalue weighted by molar-refractivity contribution is 5.75. The van der Waals surface area contributed by atoms with Gasteiger partial charge in [0.2, 0.25) is 0 Å². The summed E-state index contributed by atoms with van der Waals surface area (Å²) in [5, 5.41) is 0. The van der Waals surface area contributed by atoms with Gasteiger partial charge in [0.05, 0.1) is 19.1 Å². The van der Waals surface area contributed by atoms with Crippen molar-refractivity contribution in [3.8, 4) is 23.1 Å². The van der Waals surface area contributed by atoms with Crippen molar-refractivity contribution in [2.75, 3.05) is 7.11 Å². The topological polar surface area (TPSA) is 44.1 Å². The summed E-state index contributed by atoms with van der Waals surface area (Å²) in [6, 6.07) is 5.58. The van der Waals surface area contributed by atoms with Crippen molar-refractivity contribution in [1.29, 1.82) is 0 Å². The van der Waals surface area contributed by atoms with Crippen LogP contribution in [0.5, 0.6) is 0 Å². The molecule has 0 spiro atoms. The molecule has 0 fully saturated rings. The molecule has 1 aromatic heterocycles. The van der Waals surface area contributed by atoms with E-state index in [1.807, 2.05) is 6.08 Å². The Bertz CT molecular complexity index is 797. The average molecular weight is 340 g/mol.